The van der Waals surface area contributed by atoms with Gasteiger partial charge in [-0.3, -0.25) is 9.69 Å². The Morgan fingerprint density at radius 1 is 1.14 bits per heavy atom. The molecular formula is C24H23ClN6O3S. The lowest BCUT2D eigenvalue weighted by Crippen LogP contribution is -2.35. The molecule has 0 saturated carbocycles. The summed E-state index contributed by atoms with van der Waals surface area (Å²) >= 11 is 7.56. The first-order valence-corrected chi connectivity index (χ1v) is 12.7. The first-order valence-electron chi connectivity index (χ1n) is 11.5. The number of benzene rings is 1. The molecule has 3 N–H and O–H groups in total. The molecule has 1 saturated heterocycles. The van der Waals surface area contributed by atoms with Crippen molar-refractivity contribution in [3.05, 3.63) is 46.2 Å². The lowest BCUT2D eigenvalue weighted by molar-refractivity contribution is 0.0788. The van der Waals surface area contributed by atoms with Crippen LogP contribution < -0.4 is 15.4 Å². The Morgan fingerprint density at radius 3 is 2.83 bits per heavy atom. The number of thiophene rings is 1. The minimum absolute atomic E-state index is 0.0522. The average Bonchev–Trinajstić information content (AvgIpc) is 3.14. The Labute approximate surface area is 210 Å². The maximum atomic E-state index is 12.5. The number of fused-ring (bicyclic) bond motifs is 5. The smallest absolute Gasteiger partial charge is 0.263 e. The van der Waals surface area contributed by atoms with Crippen LogP contribution >= 0.6 is 22.9 Å². The Morgan fingerprint density at radius 2 is 1.97 bits per heavy atom. The van der Waals surface area contributed by atoms with Crippen LogP contribution in [-0.2, 0) is 6.54 Å². The highest BCUT2D eigenvalue weighted by Gasteiger charge is 2.23. The van der Waals surface area contributed by atoms with Crippen molar-refractivity contribution in [3.8, 4) is 11.8 Å². The van der Waals surface area contributed by atoms with Crippen molar-refractivity contribution < 1.29 is 14.6 Å². The lowest BCUT2D eigenvalue weighted by Gasteiger charge is -2.29. The third-order valence-corrected chi connectivity index (χ3v) is 7.70. The summed E-state index contributed by atoms with van der Waals surface area (Å²) < 4.78 is 7.13. The number of halogens is 1. The van der Waals surface area contributed by atoms with Gasteiger partial charge in [-0.25, -0.2) is 9.97 Å². The zero-order chi connectivity index (χ0) is 23.9. The number of aromatic nitrogens is 3. The van der Waals surface area contributed by atoms with Gasteiger partial charge in [0.1, 0.15) is 4.88 Å². The second-order valence-electron chi connectivity index (χ2n) is 8.72. The number of hydrogen-bond donors (Lipinski definition) is 3. The van der Waals surface area contributed by atoms with Crippen LogP contribution in [0.4, 0.5) is 5.69 Å². The SMILES string of the molecule is O=C1NCCNc2c1sc1ccc3nc(Oc4nc(Cl)ncc4CN4CCC(O)CC4)ccc3c21. The number of carbonyl (C=O) groups excluding carboxylic acids is 1. The number of pyridine rings is 1. The molecule has 5 heterocycles. The van der Waals surface area contributed by atoms with Crippen LogP contribution in [0.2, 0.25) is 5.28 Å². The first kappa shape index (κ1) is 22.4. The molecule has 2 aliphatic heterocycles. The number of carbonyl (C=O) groups is 1. The molecule has 11 heteroatoms. The highest BCUT2D eigenvalue weighted by atomic mass is 35.5. The van der Waals surface area contributed by atoms with E-state index in [-0.39, 0.29) is 17.3 Å². The van der Waals surface area contributed by atoms with E-state index in [0.717, 1.165) is 58.2 Å². The number of piperidine rings is 1. The quantitative estimate of drug-likeness (QED) is 0.355. The Balaban J connectivity index is 1.33. The first-order chi connectivity index (χ1) is 17.0. The number of amides is 1. The average molecular weight is 511 g/mol. The largest absolute Gasteiger partial charge is 0.420 e. The van der Waals surface area contributed by atoms with E-state index in [2.05, 4.69) is 25.5 Å². The van der Waals surface area contributed by atoms with E-state index in [9.17, 15) is 9.90 Å². The minimum Gasteiger partial charge on any atom is -0.420 e. The Bertz CT molecular complexity index is 1440. The van der Waals surface area contributed by atoms with Crippen molar-refractivity contribution in [2.75, 3.05) is 31.5 Å². The molecule has 3 aromatic heterocycles. The molecule has 0 unspecified atom stereocenters. The third kappa shape index (κ3) is 4.38. The molecule has 6 rings (SSSR count). The number of hydrogen-bond acceptors (Lipinski definition) is 9. The van der Waals surface area contributed by atoms with E-state index in [1.54, 1.807) is 12.3 Å². The Kier molecular flexibility index (Phi) is 5.89. The van der Waals surface area contributed by atoms with Crippen LogP contribution in [0.5, 0.6) is 11.8 Å². The molecule has 1 amide bonds. The highest BCUT2D eigenvalue weighted by Crippen LogP contribution is 2.41. The molecule has 0 radical (unpaired) electrons. The zero-order valence-electron chi connectivity index (χ0n) is 18.8. The van der Waals surface area contributed by atoms with Gasteiger partial charge in [-0.05, 0) is 42.6 Å². The summed E-state index contributed by atoms with van der Waals surface area (Å²) in [5.74, 6) is 0.712. The number of aliphatic hydroxyl groups is 1. The van der Waals surface area contributed by atoms with Gasteiger partial charge >= 0.3 is 0 Å². The van der Waals surface area contributed by atoms with Crippen molar-refractivity contribution in [1.29, 1.82) is 0 Å². The van der Waals surface area contributed by atoms with Crippen molar-refractivity contribution in [2.45, 2.75) is 25.5 Å². The highest BCUT2D eigenvalue weighted by molar-refractivity contribution is 7.21. The molecule has 2 aliphatic rings. The summed E-state index contributed by atoms with van der Waals surface area (Å²) in [7, 11) is 0. The number of aliphatic hydroxyl groups excluding tert-OH is 1. The number of likely N-dealkylation sites (tertiary alicyclic amines) is 1. The number of anilines is 1. The molecule has 180 valence electrons. The molecule has 35 heavy (non-hydrogen) atoms. The molecule has 0 spiro atoms. The van der Waals surface area contributed by atoms with Gasteiger partial charge in [-0.1, -0.05) is 0 Å². The van der Waals surface area contributed by atoms with Crippen molar-refractivity contribution in [1.82, 2.24) is 25.2 Å². The normalized spacial score (nSPS) is 17.1. The van der Waals surface area contributed by atoms with Gasteiger partial charge < -0.3 is 20.5 Å². The van der Waals surface area contributed by atoms with E-state index in [0.29, 0.717) is 36.3 Å². The summed E-state index contributed by atoms with van der Waals surface area (Å²) in [5.41, 5.74) is 2.42. The van der Waals surface area contributed by atoms with E-state index >= 15 is 0 Å². The van der Waals surface area contributed by atoms with Crippen LogP contribution in [0.15, 0.2) is 30.5 Å². The molecular weight excluding hydrogens is 488 g/mol. The zero-order valence-corrected chi connectivity index (χ0v) is 20.3. The summed E-state index contributed by atoms with van der Waals surface area (Å²) in [6.07, 6.45) is 2.93. The fraction of sp³-hybridized carbons (Fsp3) is 0.333. The summed E-state index contributed by atoms with van der Waals surface area (Å²) in [6, 6.07) is 7.69. The third-order valence-electron chi connectivity index (χ3n) is 6.36. The lowest BCUT2D eigenvalue weighted by atomic mass is 10.1. The van der Waals surface area contributed by atoms with Gasteiger partial charge in [0.2, 0.25) is 17.0 Å². The predicted molar refractivity (Wildman–Crippen MR) is 136 cm³/mol. The topological polar surface area (TPSA) is 112 Å². The van der Waals surface area contributed by atoms with Crippen LogP contribution in [0.25, 0.3) is 21.0 Å². The van der Waals surface area contributed by atoms with E-state index < -0.39 is 0 Å². The second-order valence-corrected chi connectivity index (χ2v) is 10.1. The van der Waals surface area contributed by atoms with Crippen molar-refractivity contribution >= 4 is 55.5 Å². The van der Waals surface area contributed by atoms with Gasteiger partial charge in [-0.2, -0.15) is 4.98 Å². The van der Waals surface area contributed by atoms with E-state index in [1.807, 2.05) is 18.2 Å². The monoisotopic (exact) mass is 510 g/mol. The molecule has 9 nitrogen and oxygen atoms in total. The van der Waals surface area contributed by atoms with Gasteiger partial charge in [0.25, 0.3) is 5.91 Å². The molecule has 1 aromatic carbocycles. The van der Waals surface area contributed by atoms with Gasteiger partial charge in [0.05, 0.1) is 17.3 Å². The molecule has 1 fully saturated rings. The maximum absolute atomic E-state index is 12.5. The number of ether oxygens (including phenoxy) is 1. The van der Waals surface area contributed by atoms with Crippen LogP contribution in [0.1, 0.15) is 28.1 Å². The van der Waals surface area contributed by atoms with Crippen molar-refractivity contribution in [2.24, 2.45) is 0 Å². The fourth-order valence-corrected chi connectivity index (χ4v) is 5.83. The second kappa shape index (κ2) is 9.19. The number of rotatable bonds is 4. The van der Waals surface area contributed by atoms with Crippen molar-refractivity contribution in [3.63, 3.8) is 0 Å². The standard InChI is InChI=1S/C24H23ClN6O3S/c25-24-28-11-13(12-31-9-5-14(32)6-10-31)23(30-24)34-18-4-1-15-16(29-18)2-3-17-19(15)20-21(35-17)22(33)27-8-7-26-20/h1-4,11,14,26,32H,5-10,12H2,(H,27,33). The van der Waals surface area contributed by atoms with Crippen LogP contribution in [0.3, 0.4) is 0 Å². The van der Waals surface area contributed by atoms with E-state index in [4.69, 9.17) is 21.3 Å². The number of nitrogens with one attached hydrogen (secondary N) is 2. The minimum atomic E-state index is -0.237. The van der Waals surface area contributed by atoms with Gasteiger partial charge in [-0.15, -0.1) is 11.3 Å². The summed E-state index contributed by atoms with van der Waals surface area (Å²) in [4.78, 5) is 28.6. The van der Waals surface area contributed by atoms with E-state index in [1.165, 1.54) is 11.3 Å². The molecule has 0 bridgehead atoms. The molecule has 4 aromatic rings. The Hall–Kier alpha value is -3.05. The van der Waals surface area contributed by atoms with Crippen LogP contribution in [-0.4, -0.2) is 63.1 Å². The number of nitrogens with zero attached hydrogens (tertiary/aromatic N) is 4. The molecule has 0 atom stereocenters. The summed E-state index contributed by atoms with van der Waals surface area (Å²) in [5, 5.41) is 18.1. The van der Waals surface area contributed by atoms with Gasteiger partial charge in [0, 0.05) is 66.0 Å². The van der Waals surface area contributed by atoms with Gasteiger partial charge in [0.15, 0.2) is 0 Å². The molecule has 0 aliphatic carbocycles. The predicted octanol–water partition coefficient (Wildman–Crippen LogP) is 3.80. The maximum Gasteiger partial charge on any atom is 0.263 e. The summed E-state index contributed by atoms with van der Waals surface area (Å²) in [6.45, 7) is 3.45. The van der Waals surface area contributed by atoms with Crippen LogP contribution in [0, 0.1) is 0 Å². The fourth-order valence-electron chi connectivity index (χ4n) is 4.60.